The van der Waals surface area contributed by atoms with Gasteiger partial charge in [0.2, 0.25) is 5.91 Å². The second kappa shape index (κ2) is 7.13. The molecule has 1 aliphatic rings. The number of hydrogen-bond donors (Lipinski definition) is 1. The summed E-state index contributed by atoms with van der Waals surface area (Å²) < 4.78 is 5.84. The summed E-state index contributed by atoms with van der Waals surface area (Å²) in [5, 5.41) is 0.703. The molecular weight excluding hydrogens is 344 g/mol. The van der Waals surface area contributed by atoms with Crippen molar-refractivity contribution in [3.8, 4) is 0 Å². The van der Waals surface area contributed by atoms with Crippen LogP contribution in [-0.2, 0) is 4.74 Å². The number of carbonyl (C=O) groups excluding carboxylic acids is 2. The van der Waals surface area contributed by atoms with Crippen LogP contribution in [0, 0.1) is 0 Å². The molecule has 3 heterocycles. The second-order valence-electron chi connectivity index (χ2n) is 6.32. The summed E-state index contributed by atoms with van der Waals surface area (Å²) in [6.45, 7) is 1.24. The zero-order valence-corrected chi connectivity index (χ0v) is 14.5. The first-order valence-electron chi connectivity index (χ1n) is 8.64. The predicted octanol–water partition coefficient (Wildman–Crippen LogP) is 1.94. The van der Waals surface area contributed by atoms with Crippen molar-refractivity contribution in [1.82, 2.24) is 14.9 Å². The van der Waals surface area contributed by atoms with Crippen molar-refractivity contribution in [2.75, 3.05) is 19.7 Å². The predicted molar refractivity (Wildman–Crippen MR) is 99.1 cm³/mol. The number of carbonyl (C=O) groups is 2. The van der Waals surface area contributed by atoms with Crippen LogP contribution in [0.3, 0.4) is 0 Å². The number of nitrogens with two attached hydrogens (primary N) is 1. The van der Waals surface area contributed by atoms with E-state index in [4.69, 9.17) is 10.5 Å². The molecule has 0 radical (unpaired) electrons. The molecule has 0 aliphatic carbocycles. The van der Waals surface area contributed by atoms with E-state index in [1.165, 1.54) is 0 Å². The maximum Gasteiger partial charge on any atom is 0.254 e. The van der Waals surface area contributed by atoms with E-state index in [0.717, 1.165) is 0 Å². The van der Waals surface area contributed by atoms with Crippen molar-refractivity contribution < 1.29 is 14.3 Å². The van der Waals surface area contributed by atoms with E-state index in [-0.39, 0.29) is 5.91 Å². The first-order chi connectivity index (χ1) is 13.1. The number of morpholine rings is 1. The molecule has 3 aromatic rings. The highest BCUT2D eigenvalue weighted by atomic mass is 16.5. The molecule has 1 saturated heterocycles. The number of fused-ring (bicyclic) bond motifs is 1. The lowest BCUT2D eigenvalue weighted by Gasteiger charge is -2.33. The Balaban J connectivity index is 1.65. The molecule has 1 fully saturated rings. The largest absolute Gasteiger partial charge is 0.368 e. The zero-order chi connectivity index (χ0) is 18.8. The fourth-order valence-corrected chi connectivity index (χ4v) is 3.25. The third-order valence-electron chi connectivity index (χ3n) is 4.61. The first kappa shape index (κ1) is 17.1. The minimum absolute atomic E-state index is 0.0818. The Hall–Kier alpha value is -3.32. The third kappa shape index (κ3) is 3.37. The van der Waals surface area contributed by atoms with E-state index >= 15 is 0 Å². The minimum atomic E-state index is -0.518. The fraction of sp³-hybridized carbons (Fsp3) is 0.200. The highest BCUT2D eigenvalue weighted by Crippen LogP contribution is 2.26. The zero-order valence-electron chi connectivity index (χ0n) is 14.5. The van der Waals surface area contributed by atoms with Gasteiger partial charge in [0.05, 0.1) is 29.9 Å². The number of nitrogens with zero attached hydrogens (tertiary/aromatic N) is 3. The third-order valence-corrected chi connectivity index (χ3v) is 4.61. The van der Waals surface area contributed by atoms with E-state index in [1.807, 2.05) is 24.3 Å². The number of rotatable bonds is 3. The van der Waals surface area contributed by atoms with E-state index in [1.54, 1.807) is 35.5 Å². The molecule has 2 aromatic heterocycles. The van der Waals surface area contributed by atoms with E-state index in [2.05, 4.69) is 9.97 Å². The lowest BCUT2D eigenvalue weighted by Crippen LogP contribution is -2.42. The van der Waals surface area contributed by atoms with Crippen LogP contribution in [0.4, 0.5) is 0 Å². The molecule has 136 valence electrons. The summed E-state index contributed by atoms with van der Waals surface area (Å²) >= 11 is 0. The van der Waals surface area contributed by atoms with Crippen LogP contribution in [0.15, 0.2) is 54.9 Å². The summed E-state index contributed by atoms with van der Waals surface area (Å²) in [4.78, 5) is 34.9. The van der Waals surface area contributed by atoms with Crippen LogP contribution in [0.2, 0.25) is 0 Å². The van der Waals surface area contributed by atoms with Crippen molar-refractivity contribution in [2.45, 2.75) is 6.10 Å². The summed E-state index contributed by atoms with van der Waals surface area (Å²) in [5.41, 5.74) is 7.79. The topological polar surface area (TPSA) is 98.4 Å². The molecule has 7 nitrogen and oxygen atoms in total. The van der Waals surface area contributed by atoms with Crippen molar-refractivity contribution in [2.24, 2.45) is 5.73 Å². The maximum atomic E-state index is 12.7. The van der Waals surface area contributed by atoms with Gasteiger partial charge in [0.15, 0.2) is 0 Å². The van der Waals surface area contributed by atoms with Crippen molar-refractivity contribution in [3.63, 3.8) is 0 Å². The fourth-order valence-electron chi connectivity index (χ4n) is 3.25. The number of aromatic nitrogens is 2. The first-order valence-corrected chi connectivity index (χ1v) is 8.64. The van der Waals surface area contributed by atoms with Gasteiger partial charge >= 0.3 is 0 Å². The smallest absolute Gasteiger partial charge is 0.254 e. The highest BCUT2D eigenvalue weighted by Gasteiger charge is 2.28. The average Bonchev–Trinajstić information content (AvgIpc) is 2.73. The lowest BCUT2D eigenvalue weighted by molar-refractivity contribution is -0.0246. The van der Waals surface area contributed by atoms with Crippen LogP contribution >= 0.6 is 0 Å². The highest BCUT2D eigenvalue weighted by molar-refractivity contribution is 6.05. The Morgan fingerprint density at radius 2 is 1.93 bits per heavy atom. The van der Waals surface area contributed by atoms with Gasteiger partial charge in [-0.25, -0.2) is 4.98 Å². The van der Waals surface area contributed by atoms with Crippen molar-refractivity contribution in [3.05, 3.63) is 71.7 Å². The Morgan fingerprint density at radius 1 is 1.15 bits per heavy atom. The Kier molecular flexibility index (Phi) is 4.52. The molecule has 0 bridgehead atoms. The summed E-state index contributed by atoms with van der Waals surface area (Å²) in [6.07, 6.45) is 2.76. The molecule has 2 amide bonds. The maximum absolute atomic E-state index is 12.7. The van der Waals surface area contributed by atoms with Crippen molar-refractivity contribution >= 4 is 22.7 Å². The van der Waals surface area contributed by atoms with Gasteiger partial charge in [-0.15, -0.1) is 0 Å². The van der Waals surface area contributed by atoms with Gasteiger partial charge in [-0.2, -0.15) is 0 Å². The summed E-state index contributed by atoms with van der Waals surface area (Å²) in [7, 11) is 0. The van der Waals surface area contributed by atoms with Gasteiger partial charge in [0.1, 0.15) is 6.10 Å². The van der Waals surface area contributed by atoms with Gasteiger partial charge in [-0.3, -0.25) is 14.6 Å². The molecule has 27 heavy (non-hydrogen) atoms. The number of amides is 2. The number of primary amides is 1. The Bertz CT molecular complexity index is 1010. The van der Waals surface area contributed by atoms with Gasteiger partial charge in [-0.1, -0.05) is 18.2 Å². The van der Waals surface area contributed by atoms with Gasteiger partial charge in [0.25, 0.3) is 5.91 Å². The SMILES string of the molecule is NC(=O)c1cc([C@H]2CN(C(=O)c3ccncc3)CCO2)nc2ccccc12. The number of pyridine rings is 2. The standard InChI is InChI=1S/C20H18N4O3/c21-19(25)15-11-17(23-16-4-2-1-3-14(15)16)18-12-24(9-10-27-18)20(26)13-5-7-22-8-6-13/h1-8,11,18H,9-10,12H2,(H2,21,25)/t18-/m1/s1. The van der Waals surface area contributed by atoms with Crippen LogP contribution in [0.25, 0.3) is 10.9 Å². The molecule has 0 unspecified atom stereocenters. The molecule has 1 aliphatic heterocycles. The van der Waals surface area contributed by atoms with Crippen molar-refractivity contribution in [1.29, 1.82) is 0 Å². The monoisotopic (exact) mass is 362 g/mol. The molecule has 0 spiro atoms. The number of hydrogen-bond acceptors (Lipinski definition) is 5. The second-order valence-corrected chi connectivity index (χ2v) is 6.32. The van der Waals surface area contributed by atoms with Gasteiger partial charge in [0, 0.05) is 29.9 Å². The van der Waals surface area contributed by atoms with E-state index < -0.39 is 12.0 Å². The Morgan fingerprint density at radius 3 is 2.70 bits per heavy atom. The van der Waals surface area contributed by atoms with Gasteiger partial charge in [-0.05, 0) is 24.3 Å². The normalized spacial score (nSPS) is 17.0. The molecule has 2 N–H and O–H groups in total. The van der Waals surface area contributed by atoms with Crippen LogP contribution in [-0.4, -0.2) is 46.4 Å². The summed E-state index contributed by atoms with van der Waals surface area (Å²) in [6, 6.07) is 12.4. The van der Waals surface area contributed by atoms with Crippen LogP contribution in [0.5, 0.6) is 0 Å². The lowest BCUT2D eigenvalue weighted by atomic mass is 10.0. The molecule has 1 aromatic carbocycles. The molecular formula is C20H18N4O3. The average molecular weight is 362 g/mol. The van der Waals surface area contributed by atoms with Crippen LogP contribution in [0.1, 0.15) is 32.5 Å². The number of ether oxygens (including phenoxy) is 1. The summed E-state index contributed by atoms with van der Waals surface area (Å²) in [5.74, 6) is -0.600. The quantitative estimate of drug-likeness (QED) is 0.768. The van der Waals surface area contributed by atoms with Gasteiger partial charge < -0.3 is 15.4 Å². The van der Waals surface area contributed by atoms with E-state index in [0.29, 0.717) is 47.4 Å². The number of para-hydroxylation sites is 1. The molecule has 7 heteroatoms. The minimum Gasteiger partial charge on any atom is -0.368 e. The number of benzene rings is 1. The molecule has 0 saturated carbocycles. The molecule has 1 atom stereocenters. The van der Waals surface area contributed by atoms with Crippen LogP contribution < -0.4 is 5.73 Å². The molecule has 4 rings (SSSR count). The Labute approximate surface area is 155 Å². The van der Waals surface area contributed by atoms with E-state index in [9.17, 15) is 9.59 Å².